The van der Waals surface area contributed by atoms with E-state index in [9.17, 15) is 10.1 Å². The lowest BCUT2D eigenvalue weighted by molar-refractivity contribution is 0.0712. The molecule has 1 aromatic heterocycles. The molecule has 1 saturated carbocycles. The van der Waals surface area contributed by atoms with Crippen LogP contribution in [0.4, 0.5) is 0 Å². The number of ether oxygens (including phenoxy) is 1. The Morgan fingerprint density at radius 2 is 1.86 bits per heavy atom. The van der Waals surface area contributed by atoms with Crippen molar-refractivity contribution in [2.75, 3.05) is 26.8 Å². The standard InChI is InChI=1S/C30H35N5O2/c1-3-20-17-25(21-8-6-9-21)27(29-32-28(33-34-29)13-16-37-2)18-26(20)30(36)35-14-11-22(12-15-35)24-10-5-4-7-23(24)19-31/h4-5,7,10,17-18,21-22H,3,6,8-9,11-16H2,1-2H3,(H,32,33,34). The van der Waals surface area contributed by atoms with Gasteiger partial charge < -0.3 is 14.6 Å². The normalized spacial score (nSPS) is 16.4. The van der Waals surface area contributed by atoms with Crippen LogP contribution in [-0.4, -0.2) is 52.8 Å². The molecule has 0 bridgehead atoms. The molecular formula is C30H35N5O2. The summed E-state index contributed by atoms with van der Waals surface area (Å²) in [5.74, 6) is 2.43. The lowest BCUT2D eigenvalue weighted by Gasteiger charge is -2.34. The minimum Gasteiger partial charge on any atom is -0.384 e. The predicted molar refractivity (Wildman–Crippen MR) is 142 cm³/mol. The highest BCUT2D eigenvalue weighted by atomic mass is 16.5. The fraction of sp³-hybridized carbons (Fsp3) is 0.467. The van der Waals surface area contributed by atoms with Gasteiger partial charge in [-0.25, -0.2) is 0 Å². The summed E-state index contributed by atoms with van der Waals surface area (Å²) in [5, 5.41) is 18.3. The second-order valence-electron chi connectivity index (χ2n) is 10.2. The molecule has 1 saturated heterocycles. The fourth-order valence-corrected chi connectivity index (χ4v) is 5.67. The second-order valence-corrected chi connectivity index (χ2v) is 10.2. The molecule has 1 N–H and O–H groups in total. The van der Waals surface area contributed by atoms with E-state index in [2.05, 4.69) is 46.4 Å². The first-order chi connectivity index (χ1) is 18.1. The highest BCUT2D eigenvalue weighted by Gasteiger charge is 2.30. The first-order valence-corrected chi connectivity index (χ1v) is 13.5. The van der Waals surface area contributed by atoms with Crippen molar-refractivity contribution in [3.05, 3.63) is 70.0 Å². The summed E-state index contributed by atoms with van der Waals surface area (Å²) in [6, 6.07) is 14.5. The number of hydrogen-bond donors (Lipinski definition) is 1. The number of methoxy groups -OCH3 is 1. The minimum absolute atomic E-state index is 0.0874. The topological polar surface area (TPSA) is 94.9 Å². The molecule has 7 heteroatoms. The molecule has 7 nitrogen and oxygen atoms in total. The van der Waals surface area contributed by atoms with Crippen molar-refractivity contribution in [3.8, 4) is 17.5 Å². The summed E-state index contributed by atoms with van der Waals surface area (Å²) >= 11 is 0. The van der Waals surface area contributed by atoms with Crippen LogP contribution in [0, 0.1) is 11.3 Å². The smallest absolute Gasteiger partial charge is 0.254 e. The number of H-pyrrole nitrogens is 1. The van der Waals surface area contributed by atoms with Crippen LogP contribution in [-0.2, 0) is 17.6 Å². The summed E-state index contributed by atoms with van der Waals surface area (Å²) in [5.41, 5.74) is 6.00. The summed E-state index contributed by atoms with van der Waals surface area (Å²) in [6.07, 6.45) is 6.80. The number of carbonyl (C=O) groups excluding carboxylic acids is 1. The molecule has 0 atom stereocenters. The Morgan fingerprint density at radius 3 is 2.54 bits per heavy atom. The van der Waals surface area contributed by atoms with Crippen LogP contribution in [0.25, 0.3) is 11.4 Å². The van der Waals surface area contributed by atoms with Gasteiger partial charge in [0.2, 0.25) is 0 Å². The van der Waals surface area contributed by atoms with Crippen molar-refractivity contribution in [3.63, 3.8) is 0 Å². The Balaban J connectivity index is 1.41. The number of carbonyl (C=O) groups is 1. The van der Waals surface area contributed by atoms with E-state index in [0.29, 0.717) is 38.0 Å². The van der Waals surface area contributed by atoms with E-state index >= 15 is 0 Å². The summed E-state index contributed by atoms with van der Waals surface area (Å²) in [6.45, 7) is 4.08. The maximum Gasteiger partial charge on any atom is 0.254 e. The van der Waals surface area contributed by atoms with E-state index in [4.69, 9.17) is 4.74 Å². The zero-order valence-electron chi connectivity index (χ0n) is 21.8. The molecule has 0 radical (unpaired) electrons. The largest absolute Gasteiger partial charge is 0.384 e. The molecule has 2 aliphatic rings. The van der Waals surface area contributed by atoms with Gasteiger partial charge in [0.15, 0.2) is 5.82 Å². The molecule has 0 spiro atoms. The number of piperidine rings is 1. The van der Waals surface area contributed by atoms with Crippen LogP contribution in [0.3, 0.4) is 0 Å². The maximum atomic E-state index is 13.9. The van der Waals surface area contributed by atoms with Gasteiger partial charge in [0.25, 0.3) is 5.91 Å². The van der Waals surface area contributed by atoms with Crippen LogP contribution < -0.4 is 0 Å². The van der Waals surface area contributed by atoms with E-state index < -0.39 is 0 Å². The van der Waals surface area contributed by atoms with Crippen molar-refractivity contribution in [2.24, 2.45) is 0 Å². The third-order valence-corrected chi connectivity index (χ3v) is 8.07. The average Bonchev–Trinajstić information content (AvgIpc) is 3.39. The van der Waals surface area contributed by atoms with Gasteiger partial charge in [-0.1, -0.05) is 37.6 Å². The Morgan fingerprint density at radius 1 is 1.11 bits per heavy atom. The molecule has 5 rings (SSSR count). The summed E-state index contributed by atoms with van der Waals surface area (Å²) < 4.78 is 5.19. The van der Waals surface area contributed by atoms with E-state index in [1.165, 1.54) is 24.8 Å². The molecule has 0 unspecified atom stereocenters. The number of nitriles is 1. The van der Waals surface area contributed by atoms with Crippen molar-refractivity contribution in [1.29, 1.82) is 5.26 Å². The van der Waals surface area contributed by atoms with Gasteiger partial charge >= 0.3 is 0 Å². The lowest BCUT2D eigenvalue weighted by Crippen LogP contribution is -2.38. The van der Waals surface area contributed by atoms with E-state index in [0.717, 1.165) is 58.7 Å². The van der Waals surface area contributed by atoms with Gasteiger partial charge in [-0.05, 0) is 72.8 Å². The van der Waals surface area contributed by atoms with E-state index in [-0.39, 0.29) is 5.91 Å². The van der Waals surface area contributed by atoms with Crippen LogP contribution in [0.1, 0.15) is 89.3 Å². The molecule has 192 valence electrons. The number of aromatic amines is 1. The third kappa shape index (κ3) is 5.17. The quantitative estimate of drug-likeness (QED) is 0.451. The molecule has 2 aromatic carbocycles. The number of hydrogen-bond acceptors (Lipinski definition) is 5. The van der Waals surface area contributed by atoms with Gasteiger partial charge in [-0.2, -0.15) is 5.26 Å². The van der Waals surface area contributed by atoms with E-state index in [1.54, 1.807) is 7.11 Å². The minimum atomic E-state index is 0.0874. The molecule has 2 heterocycles. The number of rotatable bonds is 8. The first kappa shape index (κ1) is 25.2. The molecule has 1 aliphatic heterocycles. The third-order valence-electron chi connectivity index (χ3n) is 8.07. The van der Waals surface area contributed by atoms with Gasteiger partial charge in [0.05, 0.1) is 18.2 Å². The second kappa shape index (κ2) is 11.3. The zero-order chi connectivity index (χ0) is 25.8. The number of benzene rings is 2. The monoisotopic (exact) mass is 497 g/mol. The summed E-state index contributed by atoms with van der Waals surface area (Å²) in [4.78, 5) is 19.2. The Hall–Kier alpha value is -3.50. The van der Waals surface area contributed by atoms with Gasteiger partial charge in [0.1, 0.15) is 5.82 Å². The number of aryl methyl sites for hydroxylation is 1. The Bertz CT molecular complexity index is 1300. The van der Waals surface area contributed by atoms with Crippen LogP contribution in [0.2, 0.25) is 0 Å². The number of nitrogens with one attached hydrogen (secondary N) is 1. The molecular weight excluding hydrogens is 462 g/mol. The molecule has 2 fully saturated rings. The maximum absolute atomic E-state index is 13.9. The highest BCUT2D eigenvalue weighted by molar-refractivity contribution is 5.97. The van der Waals surface area contributed by atoms with Crippen LogP contribution >= 0.6 is 0 Å². The van der Waals surface area contributed by atoms with Crippen molar-refractivity contribution in [2.45, 2.75) is 63.7 Å². The van der Waals surface area contributed by atoms with Crippen LogP contribution in [0.5, 0.6) is 0 Å². The van der Waals surface area contributed by atoms with Crippen molar-refractivity contribution >= 4 is 5.91 Å². The molecule has 37 heavy (non-hydrogen) atoms. The Kier molecular flexibility index (Phi) is 7.66. The zero-order valence-corrected chi connectivity index (χ0v) is 21.8. The van der Waals surface area contributed by atoms with Crippen molar-refractivity contribution < 1.29 is 9.53 Å². The predicted octanol–water partition coefficient (Wildman–Crippen LogP) is 5.38. The molecule has 3 aromatic rings. The van der Waals surface area contributed by atoms with Gasteiger partial charge in [-0.15, -0.1) is 10.2 Å². The fourth-order valence-electron chi connectivity index (χ4n) is 5.67. The summed E-state index contributed by atoms with van der Waals surface area (Å²) in [7, 11) is 1.68. The van der Waals surface area contributed by atoms with E-state index in [1.807, 2.05) is 23.1 Å². The lowest BCUT2D eigenvalue weighted by atomic mass is 9.76. The number of amides is 1. The van der Waals surface area contributed by atoms with Gasteiger partial charge in [0, 0.05) is 37.7 Å². The molecule has 1 aliphatic carbocycles. The SMILES string of the molecule is CCc1cc(C2CCC2)c(-c2nnc(CCOC)[nH]2)cc1C(=O)N1CCC(c2ccccc2C#N)CC1. The van der Waals surface area contributed by atoms with Gasteiger partial charge in [-0.3, -0.25) is 4.79 Å². The first-order valence-electron chi connectivity index (χ1n) is 13.5. The highest BCUT2D eigenvalue weighted by Crippen LogP contribution is 2.42. The molecule has 1 amide bonds. The number of nitrogens with zero attached hydrogens (tertiary/aromatic N) is 4. The number of likely N-dealkylation sites (tertiary alicyclic amines) is 1. The number of aromatic nitrogens is 3. The Labute approximate surface area is 218 Å². The van der Waals surface area contributed by atoms with Crippen LogP contribution in [0.15, 0.2) is 36.4 Å². The van der Waals surface area contributed by atoms with Crippen molar-refractivity contribution in [1.82, 2.24) is 20.1 Å². The average molecular weight is 498 g/mol.